The minimum Gasteiger partial charge on any atom is -0.478 e. The molecular weight excluding hydrogens is 701 g/mol. The van der Waals surface area contributed by atoms with Gasteiger partial charge in [0.25, 0.3) is 0 Å². The van der Waals surface area contributed by atoms with E-state index in [1.807, 2.05) is 24.3 Å². The third-order valence-corrected chi connectivity index (χ3v) is 11.8. The maximum atomic E-state index is 12.4. The number of fused-ring (bicyclic) bond motifs is 2. The van der Waals surface area contributed by atoms with E-state index in [0.717, 1.165) is 64.8 Å². The molecule has 0 spiro atoms. The zero-order chi connectivity index (χ0) is 40.2. The summed E-state index contributed by atoms with van der Waals surface area (Å²) in [4.78, 5) is 17.3. The molecule has 1 heterocycles. The van der Waals surface area contributed by atoms with E-state index in [-0.39, 0.29) is 5.56 Å². The van der Waals surface area contributed by atoms with Gasteiger partial charge in [0.05, 0.1) is 10.9 Å². The Morgan fingerprint density at radius 1 is 0.561 bits per heavy atom. The van der Waals surface area contributed by atoms with Crippen LogP contribution in [0.1, 0.15) is 204 Å². The second-order valence-corrected chi connectivity index (χ2v) is 16.7. The second-order valence-electron chi connectivity index (χ2n) is 16.7. The van der Waals surface area contributed by atoms with Crippen molar-refractivity contribution >= 4 is 22.6 Å². The lowest BCUT2D eigenvalue weighted by molar-refractivity contribution is 0.0697. The van der Waals surface area contributed by atoms with Crippen molar-refractivity contribution in [2.24, 2.45) is 4.99 Å². The lowest BCUT2D eigenvalue weighted by atomic mass is 9.90. The van der Waals surface area contributed by atoms with Crippen molar-refractivity contribution in [1.29, 1.82) is 0 Å². The van der Waals surface area contributed by atoms with Gasteiger partial charge in [-0.2, -0.15) is 0 Å². The van der Waals surface area contributed by atoms with Crippen LogP contribution in [0.25, 0.3) is 33.4 Å². The molecule has 2 aliphatic rings. The van der Waals surface area contributed by atoms with Gasteiger partial charge < -0.3 is 14.8 Å². The number of rotatable bonds is 33. The van der Waals surface area contributed by atoms with Crippen molar-refractivity contribution in [2.45, 2.75) is 194 Å². The van der Waals surface area contributed by atoms with E-state index in [4.69, 9.17) is 9.41 Å². The van der Waals surface area contributed by atoms with Gasteiger partial charge in [-0.05, 0) is 48.7 Å². The van der Waals surface area contributed by atoms with Crippen molar-refractivity contribution in [3.05, 3.63) is 71.6 Å². The second kappa shape index (κ2) is 28.7. The highest BCUT2D eigenvalue weighted by atomic mass is 16.4. The number of anilines is 1. The molecule has 1 aliphatic heterocycles. The molecule has 0 atom stereocenters. The maximum Gasteiger partial charge on any atom is 0.336 e. The van der Waals surface area contributed by atoms with Crippen LogP contribution in [0, 0.1) is 0 Å². The fourth-order valence-electron chi connectivity index (χ4n) is 8.33. The molecule has 1 aliphatic carbocycles. The van der Waals surface area contributed by atoms with Crippen LogP contribution >= 0.6 is 0 Å². The normalized spacial score (nSPS) is 11.9. The molecule has 2 N–H and O–H groups in total. The fraction of sp³-hybridized carbons (Fsp3) is 0.615. The van der Waals surface area contributed by atoms with Gasteiger partial charge in [-0.25, -0.2) is 4.79 Å². The topological polar surface area (TPSA) is 74.8 Å². The van der Waals surface area contributed by atoms with Crippen LogP contribution in [0.3, 0.4) is 0 Å². The number of carboxylic acid groups (broad SMARTS) is 1. The van der Waals surface area contributed by atoms with Crippen molar-refractivity contribution in [3.8, 4) is 22.5 Å². The first kappa shape index (κ1) is 46.1. The Balaban J connectivity index is 1.28. The van der Waals surface area contributed by atoms with Crippen LogP contribution in [0.2, 0.25) is 0 Å². The van der Waals surface area contributed by atoms with E-state index in [0.29, 0.717) is 5.56 Å². The monoisotopic (exact) mass is 779 g/mol. The van der Waals surface area contributed by atoms with Gasteiger partial charge >= 0.3 is 5.97 Å². The molecule has 0 saturated heterocycles. The molecule has 4 rings (SSSR count). The molecule has 2 aromatic rings. The van der Waals surface area contributed by atoms with E-state index in [2.05, 4.69) is 43.4 Å². The van der Waals surface area contributed by atoms with Crippen molar-refractivity contribution in [2.75, 3.05) is 18.4 Å². The van der Waals surface area contributed by atoms with E-state index >= 15 is 0 Å². The van der Waals surface area contributed by atoms with Gasteiger partial charge in [-0.3, -0.25) is 4.99 Å². The zero-order valence-corrected chi connectivity index (χ0v) is 36.2. The molecule has 5 heteroatoms. The van der Waals surface area contributed by atoms with Gasteiger partial charge in [-0.15, -0.1) is 0 Å². The third kappa shape index (κ3) is 17.4. The quantitative estimate of drug-likeness (QED) is 0.0373. The fourth-order valence-corrected chi connectivity index (χ4v) is 8.33. The Morgan fingerprint density at radius 2 is 1.07 bits per heavy atom. The van der Waals surface area contributed by atoms with E-state index in [1.165, 1.54) is 167 Å². The number of hydrogen-bond donors (Lipinski definition) is 2. The average Bonchev–Trinajstić information content (AvgIpc) is 3.22. The predicted octanol–water partition coefficient (Wildman–Crippen LogP) is 16.2. The number of benzene rings is 3. The molecular formula is C52H78N2O3. The Hall–Kier alpha value is -3.60. The van der Waals surface area contributed by atoms with Crippen LogP contribution < -0.4 is 10.7 Å². The summed E-state index contributed by atoms with van der Waals surface area (Å²) in [5.41, 5.74) is 4.55. The first-order valence-electron chi connectivity index (χ1n) is 23.7. The summed E-state index contributed by atoms with van der Waals surface area (Å²) in [6.07, 6.45) is 37.9. The van der Waals surface area contributed by atoms with Crippen molar-refractivity contribution < 1.29 is 14.3 Å². The van der Waals surface area contributed by atoms with E-state index in [1.54, 1.807) is 12.1 Å². The van der Waals surface area contributed by atoms with Gasteiger partial charge in [0, 0.05) is 47.4 Å². The highest BCUT2D eigenvalue weighted by Gasteiger charge is 2.21. The number of hydrogen-bond acceptors (Lipinski definition) is 4. The molecule has 2 aromatic carbocycles. The first-order valence-corrected chi connectivity index (χ1v) is 23.7. The van der Waals surface area contributed by atoms with Gasteiger partial charge in [0.1, 0.15) is 11.3 Å². The molecule has 0 aromatic heterocycles. The number of aromatic carboxylic acids is 1. The van der Waals surface area contributed by atoms with Gasteiger partial charge in [-0.1, -0.05) is 199 Å². The van der Waals surface area contributed by atoms with Crippen molar-refractivity contribution in [3.63, 3.8) is 0 Å². The summed E-state index contributed by atoms with van der Waals surface area (Å²) in [5, 5.41) is 15.6. The van der Waals surface area contributed by atoms with E-state index in [9.17, 15) is 9.90 Å². The van der Waals surface area contributed by atoms with E-state index < -0.39 is 5.97 Å². The molecule has 0 unspecified atom stereocenters. The van der Waals surface area contributed by atoms with Crippen LogP contribution in [0.4, 0.5) is 5.69 Å². The summed E-state index contributed by atoms with van der Waals surface area (Å²) < 4.78 is 6.60. The summed E-state index contributed by atoms with van der Waals surface area (Å²) in [6.45, 7) is 6.30. The Labute approximate surface area is 346 Å². The molecule has 5 nitrogen and oxygen atoms in total. The zero-order valence-electron chi connectivity index (χ0n) is 36.2. The van der Waals surface area contributed by atoms with Gasteiger partial charge in [0.15, 0.2) is 0 Å². The lowest BCUT2D eigenvalue weighted by Crippen LogP contribution is -2.06. The number of unbranched alkanes of at least 4 members (excludes halogenated alkanes) is 26. The smallest absolute Gasteiger partial charge is 0.336 e. The molecule has 0 fully saturated rings. The highest BCUT2D eigenvalue weighted by molar-refractivity contribution is 6.07. The highest BCUT2D eigenvalue weighted by Crippen LogP contribution is 2.41. The standard InChI is InChI=1S/C52H78N2O3/c1-3-5-7-9-11-13-15-17-19-21-23-25-27-31-39-53-43-35-37-47-49(41-43)57-50-42-44(36-38-48(50)51(47)45-33-29-30-34-46(45)52(55)56)54-40-32-28-26-24-22-20-18-16-14-12-10-8-6-4-2/h29-30,33-38,41-42,53H,3-28,31-32,39-40H2,1-2H3,(H,55,56). The van der Waals surface area contributed by atoms with Gasteiger partial charge in [0.2, 0.25) is 0 Å². The Morgan fingerprint density at radius 3 is 1.61 bits per heavy atom. The number of carboxylic acids is 1. The Kier molecular flexibility index (Phi) is 23.2. The Bertz CT molecular complexity index is 1710. The molecule has 0 amide bonds. The molecule has 0 bridgehead atoms. The first-order chi connectivity index (χ1) is 28.1. The van der Waals surface area contributed by atoms with Crippen LogP contribution in [0.15, 0.2) is 70.1 Å². The number of nitrogens with zero attached hydrogens (tertiary/aromatic N) is 1. The summed E-state index contributed by atoms with van der Waals surface area (Å²) >= 11 is 0. The maximum absolute atomic E-state index is 12.4. The third-order valence-electron chi connectivity index (χ3n) is 11.8. The summed E-state index contributed by atoms with van der Waals surface area (Å²) in [7, 11) is 0. The minimum absolute atomic E-state index is 0.290. The SMILES string of the molecule is CCCCCCCCCCCCCCCCN=c1ccc2c(-c3ccccc3C(=O)O)c3ccc(NCCCCCCCCCCCCCCCC)cc3oc-2c1. The van der Waals surface area contributed by atoms with Crippen LogP contribution in [-0.4, -0.2) is 24.2 Å². The minimum atomic E-state index is -0.932. The largest absolute Gasteiger partial charge is 0.478 e. The molecule has 314 valence electrons. The van der Waals surface area contributed by atoms with Crippen LogP contribution in [-0.2, 0) is 0 Å². The predicted molar refractivity (Wildman–Crippen MR) is 245 cm³/mol. The molecule has 0 saturated carbocycles. The lowest BCUT2D eigenvalue weighted by Gasteiger charge is -2.17. The summed E-state index contributed by atoms with van der Waals surface area (Å²) in [6, 6.07) is 19.7. The van der Waals surface area contributed by atoms with Crippen LogP contribution in [0.5, 0.6) is 0 Å². The number of nitrogens with one attached hydrogen (secondary N) is 1. The molecule has 57 heavy (non-hydrogen) atoms. The van der Waals surface area contributed by atoms with Crippen molar-refractivity contribution in [1.82, 2.24) is 0 Å². The number of carbonyl (C=O) groups is 1. The molecule has 0 radical (unpaired) electrons. The average molecular weight is 779 g/mol. The summed E-state index contributed by atoms with van der Waals surface area (Å²) in [5.74, 6) is -0.206.